The summed E-state index contributed by atoms with van der Waals surface area (Å²) in [6.07, 6.45) is 2.55. The minimum Gasteiger partial charge on any atom is -0.481 e. The van der Waals surface area contributed by atoms with Gasteiger partial charge in [0.1, 0.15) is 11.5 Å². The molecule has 0 unspecified atom stereocenters. The largest absolute Gasteiger partial charge is 0.481 e. The van der Waals surface area contributed by atoms with E-state index in [1.165, 1.54) is 7.05 Å². The molecule has 198 valence electrons. The number of sulfonamides is 1. The number of carboxylic acids is 1. The van der Waals surface area contributed by atoms with Gasteiger partial charge in [0.05, 0.1) is 22.1 Å². The number of halogens is 1. The third-order valence-electron chi connectivity index (χ3n) is 6.58. The van der Waals surface area contributed by atoms with Gasteiger partial charge in [0.2, 0.25) is 15.7 Å². The first kappa shape index (κ1) is 27.1. The van der Waals surface area contributed by atoms with E-state index in [4.69, 9.17) is 16.0 Å². The number of nitrogens with one attached hydrogen (secondary N) is 2. The number of pyridine rings is 1. The van der Waals surface area contributed by atoms with Crippen molar-refractivity contribution in [2.24, 2.45) is 5.41 Å². The van der Waals surface area contributed by atoms with E-state index in [0.29, 0.717) is 45.8 Å². The number of hydrogen-bond donors (Lipinski definition) is 3. The van der Waals surface area contributed by atoms with E-state index in [1.54, 1.807) is 38.1 Å². The molecule has 0 bridgehead atoms. The van der Waals surface area contributed by atoms with E-state index in [2.05, 4.69) is 15.0 Å². The van der Waals surface area contributed by atoms with Gasteiger partial charge in [0, 0.05) is 24.2 Å². The van der Waals surface area contributed by atoms with Crippen LogP contribution in [0.4, 0.5) is 0 Å². The summed E-state index contributed by atoms with van der Waals surface area (Å²) >= 11 is 6.02. The van der Waals surface area contributed by atoms with Crippen molar-refractivity contribution in [3.63, 3.8) is 0 Å². The van der Waals surface area contributed by atoms with Gasteiger partial charge in [-0.25, -0.2) is 18.1 Å². The molecule has 0 atom stereocenters. The Balaban J connectivity index is 1.65. The first-order valence-electron chi connectivity index (χ1n) is 12.1. The van der Waals surface area contributed by atoms with Gasteiger partial charge in [-0.2, -0.15) is 0 Å². The highest BCUT2D eigenvalue weighted by Crippen LogP contribution is 2.44. The monoisotopic (exact) mass is 547 g/mol. The lowest BCUT2D eigenvalue weighted by Gasteiger charge is -2.18. The van der Waals surface area contributed by atoms with Crippen molar-refractivity contribution < 1.29 is 27.5 Å². The number of amides is 1. The molecule has 37 heavy (non-hydrogen) atoms. The quantitative estimate of drug-likeness (QED) is 0.296. The highest BCUT2D eigenvalue weighted by Gasteiger charge is 2.32. The number of aromatic nitrogens is 1. The molecule has 11 heteroatoms. The van der Waals surface area contributed by atoms with Gasteiger partial charge in [-0.3, -0.25) is 9.59 Å². The second-order valence-corrected chi connectivity index (χ2v) is 12.2. The highest BCUT2D eigenvalue weighted by atomic mass is 35.5. The first-order chi connectivity index (χ1) is 17.4. The van der Waals surface area contributed by atoms with E-state index < -0.39 is 21.4 Å². The summed E-state index contributed by atoms with van der Waals surface area (Å²) in [7, 11) is -2.21. The van der Waals surface area contributed by atoms with Crippen LogP contribution in [0.15, 0.2) is 34.7 Å². The Morgan fingerprint density at radius 1 is 1.22 bits per heavy atom. The molecule has 1 amide bonds. The topological polar surface area (TPSA) is 139 Å². The molecule has 0 aliphatic heterocycles. The lowest BCUT2D eigenvalue weighted by molar-refractivity contribution is -0.147. The van der Waals surface area contributed by atoms with Crippen molar-refractivity contribution in [3.05, 3.63) is 52.2 Å². The number of benzene rings is 1. The Morgan fingerprint density at radius 2 is 1.89 bits per heavy atom. The summed E-state index contributed by atoms with van der Waals surface area (Å²) < 4.78 is 34.4. The number of carbonyl (C=O) groups excluding carboxylic acids is 1. The third kappa shape index (κ3) is 6.14. The minimum absolute atomic E-state index is 0.127. The summed E-state index contributed by atoms with van der Waals surface area (Å²) in [5, 5.41) is 13.0. The number of furan rings is 1. The SMILES string of the molecule is CNC(=O)c1c(-c2ccc(Cl)cc2)oc2nc(CS(=O)(=O)NCCCC(C)(C)C(=O)O)c(C3CC3)cc12. The second-order valence-electron chi connectivity index (χ2n) is 9.99. The van der Waals surface area contributed by atoms with Crippen molar-refractivity contribution in [2.45, 2.75) is 51.2 Å². The molecule has 1 aromatic carbocycles. The number of nitrogens with zero attached hydrogens (tertiary/aromatic N) is 1. The molecule has 9 nitrogen and oxygen atoms in total. The zero-order chi connectivity index (χ0) is 27.0. The van der Waals surface area contributed by atoms with Crippen LogP contribution in [-0.4, -0.2) is 44.0 Å². The Bertz CT molecular complexity index is 1440. The Hall–Kier alpha value is -2.95. The molecular formula is C26H30ClN3O6S. The predicted octanol–water partition coefficient (Wildman–Crippen LogP) is 4.70. The summed E-state index contributed by atoms with van der Waals surface area (Å²) in [4.78, 5) is 28.7. The molecule has 2 aromatic heterocycles. The fraction of sp³-hybridized carbons (Fsp3) is 0.423. The van der Waals surface area contributed by atoms with E-state index in [0.717, 1.165) is 18.4 Å². The average molecular weight is 548 g/mol. The minimum atomic E-state index is -3.75. The standard InChI is InChI=1S/C26H30ClN3O6S/c1-26(2,25(32)33)11-4-12-29-37(34,35)14-20-18(15-5-6-15)13-19-21(23(31)28-3)22(36-24(19)30-20)16-7-9-17(27)10-8-16/h7-10,13,15,29H,4-6,11-12,14H2,1-3H3,(H,28,31)(H,32,33). The summed E-state index contributed by atoms with van der Waals surface area (Å²) in [6, 6.07) is 8.71. The van der Waals surface area contributed by atoms with E-state index in [9.17, 15) is 23.1 Å². The summed E-state index contributed by atoms with van der Waals surface area (Å²) in [6.45, 7) is 3.35. The van der Waals surface area contributed by atoms with Gasteiger partial charge in [-0.1, -0.05) is 11.6 Å². The van der Waals surface area contributed by atoms with Gasteiger partial charge in [-0.15, -0.1) is 0 Å². The summed E-state index contributed by atoms with van der Waals surface area (Å²) in [5.74, 6) is -1.10. The molecule has 2 heterocycles. The number of rotatable bonds is 11. The van der Waals surface area contributed by atoms with Crippen molar-refractivity contribution >= 4 is 44.6 Å². The van der Waals surface area contributed by atoms with E-state index >= 15 is 0 Å². The van der Waals surface area contributed by atoms with Crippen molar-refractivity contribution in [1.29, 1.82) is 0 Å². The van der Waals surface area contributed by atoms with Gasteiger partial charge in [0.15, 0.2) is 0 Å². The van der Waals surface area contributed by atoms with E-state index in [1.807, 2.05) is 6.07 Å². The number of hydrogen-bond acceptors (Lipinski definition) is 6. The number of aliphatic carboxylic acids is 1. The molecule has 1 saturated carbocycles. The first-order valence-corrected chi connectivity index (χ1v) is 14.1. The fourth-order valence-corrected chi connectivity index (χ4v) is 5.46. The number of carbonyl (C=O) groups is 2. The zero-order valence-electron chi connectivity index (χ0n) is 20.9. The molecule has 4 rings (SSSR count). The van der Waals surface area contributed by atoms with Gasteiger partial charge >= 0.3 is 5.97 Å². The zero-order valence-corrected chi connectivity index (χ0v) is 22.5. The van der Waals surface area contributed by atoms with Crippen molar-refractivity contribution in [2.75, 3.05) is 13.6 Å². The number of carboxylic acid groups (broad SMARTS) is 1. The molecule has 1 fully saturated rings. The smallest absolute Gasteiger partial charge is 0.309 e. The van der Waals surface area contributed by atoms with Crippen molar-refractivity contribution in [3.8, 4) is 11.3 Å². The lowest BCUT2D eigenvalue weighted by Crippen LogP contribution is -2.29. The normalized spacial score (nSPS) is 14.2. The van der Waals surface area contributed by atoms with Crippen LogP contribution in [0, 0.1) is 5.41 Å². The Kier molecular flexibility index (Phi) is 7.64. The molecular weight excluding hydrogens is 518 g/mol. The van der Waals surface area contributed by atoms with Gasteiger partial charge in [0.25, 0.3) is 5.91 Å². The maximum Gasteiger partial charge on any atom is 0.309 e. The van der Waals surface area contributed by atoms with Crippen LogP contribution in [0.5, 0.6) is 0 Å². The lowest BCUT2D eigenvalue weighted by atomic mass is 9.88. The van der Waals surface area contributed by atoms with Gasteiger partial charge in [-0.05, 0) is 81.3 Å². The maximum atomic E-state index is 12.9. The molecule has 3 N–H and O–H groups in total. The third-order valence-corrected chi connectivity index (χ3v) is 8.13. The molecule has 0 saturated heterocycles. The van der Waals surface area contributed by atoms with Crippen LogP contribution in [-0.2, 0) is 20.6 Å². The summed E-state index contributed by atoms with van der Waals surface area (Å²) in [5.41, 5.74) is 1.41. The Labute approximate surface area is 220 Å². The molecule has 0 radical (unpaired) electrons. The molecule has 1 aliphatic carbocycles. The average Bonchev–Trinajstić information content (AvgIpc) is 3.61. The van der Waals surface area contributed by atoms with Crippen LogP contribution < -0.4 is 10.0 Å². The number of fused-ring (bicyclic) bond motifs is 1. The predicted molar refractivity (Wildman–Crippen MR) is 141 cm³/mol. The van der Waals surface area contributed by atoms with Crippen LogP contribution in [0.3, 0.4) is 0 Å². The van der Waals surface area contributed by atoms with E-state index in [-0.39, 0.29) is 29.8 Å². The van der Waals surface area contributed by atoms with Crippen LogP contribution in [0.25, 0.3) is 22.4 Å². The fourth-order valence-electron chi connectivity index (χ4n) is 4.19. The van der Waals surface area contributed by atoms with Crippen molar-refractivity contribution in [1.82, 2.24) is 15.0 Å². The van der Waals surface area contributed by atoms with Crippen LogP contribution in [0.2, 0.25) is 5.02 Å². The second kappa shape index (κ2) is 10.4. The highest BCUT2D eigenvalue weighted by molar-refractivity contribution is 7.88. The molecule has 1 aliphatic rings. The van der Waals surface area contributed by atoms with Crippen LogP contribution in [0.1, 0.15) is 67.1 Å². The molecule has 0 spiro atoms. The van der Waals surface area contributed by atoms with Gasteiger partial charge < -0.3 is 14.8 Å². The van der Waals surface area contributed by atoms with Crippen LogP contribution >= 0.6 is 11.6 Å². The maximum absolute atomic E-state index is 12.9. The molecule has 3 aromatic rings. The Morgan fingerprint density at radius 3 is 2.49 bits per heavy atom.